The normalized spacial score (nSPS) is 12.1. The van der Waals surface area contributed by atoms with Gasteiger partial charge in [0.1, 0.15) is 6.07 Å². The average molecular weight is 360 g/mol. The molecule has 1 heterocycles. The Labute approximate surface area is 153 Å². The number of aryl methyl sites for hydroxylation is 2. The molecule has 0 saturated heterocycles. The van der Waals surface area contributed by atoms with Crippen LogP contribution in [0.25, 0.3) is 5.69 Å². The van der Waals surface area contributed by atoms with E-state index in [1.165, 1.54) is 0 Å². The third-order valence-corrected chi connectivity index (χ3v) is 4.56. The van der Waals surface area contributed by atoms with Crippen molar-refractivity contribution in [1.29, 1.82) is 5.26 Å². The highest BCUT2D eigenvalue weighted by Crippen LogP contribution is 2.23. The molecule has 0 aliphatic carbocycles. The SMILES string of the molecule is Cc1ccc(-n2nc(C)c(CC(=O)O[C@@H](C#N)C(C)C)c2C)cc1Cl. The number of hydrogen-bond donors (Lipinski definition) is 0. The molecule has 25 heavy (non-hydrogen) atoms. The van der Waals surface area contributed by atoms with Gasteiger partial charge in [0, 0.05) is 22.2 Å². The number of carbonyl (C=O) groups excluding carboxylic acids is 1. The minimum Gasteiger partial charge on any atom is -0.446 e. The first-order valence-electron chi connectivity index (χ1n) is 8.15. The van der Waals surface area contributed by atoms with E-state index in [-0.39, 0.29) is 12.3 Å². The fourth-order valence-electron chi connectivity index (χ4n) is 2.53. The van der Waals surface area contributed by atoms with Crippen LogP contribution in [-0.4, -0.2) is 21.9 Å². The Hall–Kier alpha value is -2.32. The molecule has 2 aromatic rings. The molecule has 132 valence electrons. The second kappa shape index (κ2) is 7.71. The summed E-state index contributed by atoms with van der Waals surface area (Å²) >= 11 is 6.20. The summed E-state index contributed by atoms with van der Waals surface area (Å²) in [5.74, 6) is -0.471. The molecule has 0 radical (unpaired) electrons. The van der Waals surface area contributed by atoms with E-state index in [4.69, 9.17) is 21.6 Å². The standard InChI is InChI=1S/C19H22ClN3O2/c1-11(2)18(10-21)25-19(24)9-16-13(4)22-23(14(16)5)15-7-6-12(3)17(20)8-15/h6-8,11,18H,9H2,1-5H3/t18-/m0/s1. The average Bonchev–Trinajstić information content (AvgIpc) is 2.83. The number of carbonyl (C=O) groups is 1. The smallest absolute Gasteiger partial charge is 0.311 e. The van der Waals surface area contributed by atoms with E-state index < -0.39 is 12.1 Å². The topological polar surface area (TPSA) is 67.9 Å². The van der Waals surface area contributed by atoms with Crippen molar-refractivity contribution in [3.8, 4) is 11.8 Å². The van der Waals surface area contributed by atoms with Gasteiger partial charge in [-0.2, -0.15) is 10.4 Å². The number of aromatic nitrogens is 2. The summed E-state index contributed by atoms with van der Waals surface area (Å²) in [4.78, 5) is 12.2. The van der Waals surface area contributed by atoms with Crippen molar-refractivity contribution in [3.63, 3.8) is 0 Å². The summed E-state index contributed by atoms with van der Waals surface area (Å²) in [6.07, 6.45) is -0.652. The van der Waals surface area contributed by atoms with Crippen molar-refractivity contribution >= 4 is 17.6 Å². The lowest BCUT2D eigenvalue weighted by molar-refractivity contribution is -0.147. The van der Waals surface area contributed by atoms with Gasteiger partial charge in [0.05, 0.1) is 17.8 Å². The van der Waals surface area contributed by atoms with Gasteiger partial charge < -0.3 is 4.74 Å². The molecule has 5 nitrogen and oxygen atoms in total. The molecule has 0 fully saturated rings. The van der Waals surface area contributed by atoms with Gasteiger partial charge in [0.15, 0.2) is 6.10 Å². The van der Waals surface area contributed by atoms with Crippen molar-refractivity contribution in [2.45, 2.75) is 47.1 Å². The number of benzene rings is 1. The van der Waals surface area contributed by atoms with Crippen molar-refractivity contribution in [1.82, 2.24) is 9.78 Å². The largest absolute Gasteiger partial charge is 0.446 e. The number of esters is 1. The number of ether oxygens (including phenoxy) is 1. The predicted octanol–water partition coefficient (Wildman–Crippen LogP) is 4.08. The second-order valence-corrected chi connectivity index (χ2v) is 6.86. The van der Waals surface area contributed by atoms with Crippen LogP contribution in [0.15, 0.2) is 18.2 Å². The molecular formula is C19H22ClN3O2. The number of hydrogen-bond acceptors (Lipinski definition) is 4. The van der Waals surface area contributed by atoms with Crippen molar-refractivity contribution < 1.29 is 9.53 Å². The summed E-state index contributed by atoms with van der Waals surface area (Å²) in [6, 6.07) is 7.73. The Morgan fingerprint density at radius 2 is 2.04 bits per heavy atom. The summed E-state index contributed by atoms with van der Waals surface area (Å²) in [6.45, 7) is 9.38. The number of nitriles is 1. The van der Waals surface area contributed by atoms with Crippen molar-refractivity contribution in [3.05, 3.63) is 45.7 Å². The minimum absolute atomic E-state index is 0.0476. The highest BCUT2D eigenvalue weighted by Gasteiger charge is 2.21. The Kier molecular flexibility index (Phi) is 5.86. The molecule has 0 saturated carbocycles. The summed E-state index contributed by atoms with van der Waals surface area (Å²) in [7, 11) is 0. The number of halogens is 1. The maximum Gasteiger partial charge on any atom is 0.311 e. The van der Waals surface area contributed by atoms with Gasteiger partial charge in [-0.3, -0.25) is 4.79 Å². The molecule has 0 amide bonds. The summed E-state index contributed by atoms with van der Waals surface area (Å²) in [5.41, 5.74) is 4.25. The van der Waals surface area contributed by atoms with E-state index >= 15 is 0 Å². The fraction of sp³-hybridized carbons (Fsp3) is 0.421. The van der Waals surface area contributed by atoms with E-state index in [9.17, 15) is 4.79 Å². The predicted molar refractivity (Wildman–Crippen MR) is 96.8 cm³/mol. The van der Waals surface area contributed by atoms with Crippen LogP contribution in [0.2, 0.25) is 5.02 Å². The van der Waals surface area contributed by atoms with Crippen LogP contribution in [0.4, 0.5) is 0 Å². The summed E-state index contributed by atoms with van der Waals surface area (Å²) < 4.78 is 7.04. The zero-order valence-electron chi connectivity index (χ0n) is 15.1. The first-order valence-corrected chi connectivity index (χ1v) is 8.53. The van der Waals surface area contributed by atoms with E-state index in [2.05, 4.69) is 5.10 Å². The molecule has 0 aliphatic rings. The van der Waals surface area contributed by atoms with Crippen LogP contribution in [0.3, 0.4) is 0 Å². The van der Waals surface area contributed by atoms with Gasteiger partial charge in [-0.1, -0.05) is 31.5 Å². The Morgan fingerprint density at radius 3 is 2.60 bits per heavy atom. The third-order valence-electron chi connectivity index (χ3n) is 4.15. The third kappa shape index (κ3) is 4.21. The van der Waals surface area contributed by atoms with E-state index in [0.717, 1.165) is 28.2 Å². The van der Waals surface area contributed by atoms with E-state index in [0.29, 0.717) is 5.02 Å². The summed E-state index contributed by atoms with van der Waals surface area (Å²) in [5, 5.41) is 14.3. The van der Waals surface area contributed by atoms with Crippen molar-refractivity contribution in [2.24, 2.45) is 5.92 Å². The second-order valence-electron chi connectivity index (χ2n) is 6.46. The zero-order valence-corrected chi connectivity index (χ0v) is 15.9. The molecule has 1 aromatic carbocycles. The molecule has 1 atom stereocenters. The van der Waals surface area contributed by atoms with Gasteiger partial charge in [-0.05, 0) is 38.5 Å². The Morgan fingerprint density at radius 1 is 1.36 bits per heavy atom. The van der Waals surface area contributed by atoms with Gasteiger partial charge in [0.2, 0.25) is 0 Å². The highest BCUT2D eigenvalue weighted by atomic mass is 35.5. The fourth-order valence-corrected chi connectivity index (χ4v) is 2.71. The molecule has 0 bridgehead atoms. The van der Waals surface area contributed by atoms with Crippen LogP contribution >= 0.6 is 11.6 Å². The first-order chi connectivity index (χ1) is 11.7. The number of nitrogens with zero attached hydrogens (tertiary/aromatic N) is 3. The van der Waals surface area contributed by atoms with Crippen LogP contribution in [0.5, 0.6) is 0 Å². The lowest BCUT2D eigenvalue weighted by Crippen LogP contribution is -2.23. The van der Waals surface area contributed by atoms with Gasteiger partial charge in [0.25, 0.3) is 0 Å². The number of rotatable bonds is 5. The molecule has 0 unspecified atom stereocenters. The maximum atomic E-state index is 12.2. The maximum absolute atomic E-state index is 12.2. The monoisotopic (exact) mass is 359 g/mol. The van der Waals surface area contributed by atoms with Crippen LogP contribution in [-0.2, 0) is 16.0 Å². The van der Waals surface area contributed by atoms with E-state index in [1.54, 1.807) is 4.68 Å². The lowest BCUT2D eigenvalue weighted by atomic mass is 10.1. The van der Waals surface area contributed by atoms with Gasteiger partial charge in [-0.25, -0.2) is 4.68 Å². The molecular weight excluding hydrogens is 338 g/mol. The molecule has 1 aromatic heterocycles. The van der Waals surface area contributed by atoms with Crippen LogP contribution in [0, 0.1) is 38.0 Å². The quantitative estimate of drug-likeness (QED) is 0.754. The van der Waals surface area contributed by atoms with Gasteiger partial charge >= 0.3 is 5.97 Å². The molecule has 0 N–H and O–H groups in total. The van der Waals surface area contributed by atoms with Gasteiger partial charge in [-0.15, -0.1) is 0 Å². The zero-order chi connectivity index (χ0) is 18.7. The lowest BCUT2D eigenvalue weighted by Gasteiger charge is -2.14. The Balaban J connectivity index is 2.26. The molecule has 0 aliphatic heterocycles. The highest BCUT2D eigenvalue weighted by molar-refractivity contribution is 6.31. The minimum atomic E-state index is -0.737. The van der Waals surface area contributed by atoms with Crippen LogP contribution < -0.4 is 0 Å². The first kappa shape index (κ1) is 19.0. The van der Waals surface area contributed by atoms with Crippen LogP contribution in [0.1, 0.15) is 36.4 Å². The molecule has 6 heteroatoms. The Bertz CT molecular complexity index is 834. The molecule has 2 rings (SSSR count). The van der Waals surface area contributed by atoms with E-state index in [1.807, 2.05) is 58.9 Å². The molecule has 0 spiro atoms. The van der Waals surface area contributed by atoms with Crippen molar-refractivity contribution in [2.75, 3.05) is 0 Å².